The molecule has 0 spiro atoms. The van der Waals surface area contributed by atoms with Gasteiger partial charge in [0, 0.05) is 48.9 Å². The van der Waals surface area contributed by atoms with Crippen LogP contribution >= 0.6 is 15.9 Å². The maximum absolute atomic E-state index is 12.7. The highest BCUT2D eigenvalue weighted by Crippen LogP contribution is 2.38. The Morgan fingerprint density at radius 1 is 1.08 bits per heavy atom. The number of halogens is 1. The Labute approximate surface area is 221 Å². The van der Waals surface area contributed by atoms with E-state index < -0.39 is 0 Å². The van der Waals surface area contributed by atoms with Crippen LogP contribution in [0.5, 0.6) is 0 Å². The van der Waals surface area contributed by atoms with Gasteiger partial charge in [0.25, 0.3) is 5.91 Å². The number of aromatic amines is 1. The lowest BCUT2D eigenvalue weighted by atomic mass is 9.93. The first-order valence-electron chi connectivity index (χ1n) is 12.1. The van der Waals surface area contributed by atoms with Crippen LogP contribution in [0.15, 0.2) is 65.7 Å². The lowest BCUT2D eigenvalue weighted by Crippen LogP contribution is -2.38. The van der Waals surface area contributed by atoms with Crippen LogP contribution in [0.3, 0.4) is 0 Å². The number of anilines is 1. The summed E-state index contributed by atoms with van der Waals surface area (Å²) in [5, 5.41) is 15.5. The van der Waals surface area contributed by atoms with E-state index in [1.165, 1.54) is 6.33 Å². The normalized spacial score (nSPS) is 14.3. The average Bonchev–Trinajstić information content (AvgIpc) is 3.64. The van der Waals surface area contributed by atoms with Crippen LogP contribution in [-0.4, -0.2) is 65.7 Å². The molecule has 37 heavy (non-hydrogen) atoms. The number of carbonyl (C=O) groups is 1. The summed E-state index contributed by atoms with van der Waals surface area (Å²) in [6.45, 7) is 1.24. The molecule has 4 aromatic heterocycles. The number of rotatable bonds is 5. The van der Waals surface area contributed by atoms with Gasteiger partial charge in [-0.15, -0.1) is 10.2 Å². The molecular formula is C26H24BrN9O. The Morgan fingerprint density at radius 3 is 2.57 bits per heavy atom. The largest absolute Gasteiger partial charge is 0.372 e. The molecule has 10 nitrogen and oxygen atoms in total. The van der Waals surface area contributed by atoms with Crippen molar-refractivity contribution in [2.75, 3.05) is 25.5 Å². The monoisotopic (exact) mass is 557 g/mol. The number of piperidine rings is 1. The zero-order valence-electron chi connectivity index (χ0n) is 20.1. The highest BCUT2D eigenvalue weighted by molar-refractivity contribution is 9.10. The molecule has 6 rings (SSSR count). The van der Waals surface area contributed by atoms with Gasteiger partial charge in [-0.2, -0.15) is 9.61 Å². The van der Waals surface area contributed by atoms with Gasteiger partial charge in [-0.05, 0) is 34.8 Å². The van der Waals surface area contributed by atoms with Gasteiger partial charge in [0.05, 0.1) is 22.1 Å². The number of pyridine rings is 1. The number of hydrogen-bond donors (Lipinski definition) is 2. The third kappa shape index (κ3) is 4.25. The van der Waals surface area contributed by atoms with Crippen molar-refractivity contribution in [1.82, 2.24) is 39.7 Å². The lowest BCUT2D eigenvalue weighted by Gasteiger charge is -2.31. The summed E-state index contributed by atoms with van der Waals surface area (Å²) < 4.78 is 2.70. The van der Waals surface area contributed by atoms with Crippen molar-refractivity contribution in [3.63, 3.8) is 0 Å². The number of amides is 1. The Hall–Kier alpha value is -4.12. The summed E-state index contributed by atoms with van der Waals surface area (Å²) in [6.07, 6.45) is 6.71. The zero-order valence-corrected chi connectivity index (χ0v) is 21.7. The van der Waals surface area contributed by atoms with E-state index in [0.29, 0.717) is 13.1 Å². The number of hydrogen-bond acceptors (Lipinski definition) is 7. The molecule has 1 fully saturated rings. The van der Waals surface area contributed by atoms with E-state index in [9.17, 15) is 4.79 Å². The highest BCUT2D eigenvalue weighted by atomic mass is 79.9. The highest BCUT2D eigenvalue weighted by Gasteiger charge is 2.29. The minimum absolute atomic E-state index is 0.126. The van der Waals surface area contributed by atoms with Gasteiger partial charge in [0.2, 0.25) is 5.82 Å². The number of benzene rings is 1. The summed E-state index contributed by atoms with van der Waals surface area (Å²) in [7, 11) is 1.87. The maximum atomic E-state index is 12.7. The van der Waals surface area contributed by atoms with Gasteiger partial charge >= 0.3 is 0 Å². The fourth-order valence-corrected chi connectivity index (χ4v) is 5.61. The molecule has 1 aromatic carbocycles. The van der Waals surface area contributed by atoms with Crippen molar-refractivity contribution in [3.05, 3.63) is 77.2 Å². The van der Waals surface area contributed by atoms with Crippen molar-refractivity contribution in [1.29, 1.82) is 0 Å². The second-order valence-electron chi connectivity index (χ2n) is 8.91. The fraction of sp³-hybridized carbons (Fsp3) is 0.231. The lowest BCUT2D eigenvalue weighted by molar-refractivity contribution is 0.0700. The zero-order chi connectivity index (χ0) is 25.4. The summed E-state index contributed by atoms with van der Waals surface area (Å²) in [4.78, 5) is 27.1. The molecule has 0 aliphatic carbocycles. The van der Waals surface area contributed by atoms with Crippen LogP contribution < -0.4 is 5.32 Å². The molecule has 0 saturated carbocycles. The summed E-state index contributed by atoms with van der Waals surface area (Å²) >= 11 is 3.77. The van der Waals surface area contributed by atoms with E-state index in [2.05, 4.69) is 47.6 Å². The van der Waals surface area contributed by atoms with Gasteiger partial charge in [-0.1, -0.05) is 36.4 Å². The summed E-state index contributed by atoms with van der Waals surface area (Å²) in [5.74, 6) is 1.16. The van der Waals surface area contributed by atoms with Crippen molar-refractivity contribution < 1.29 is 4.79 Å². The van der Waals surface area contributed by atoms with Crippen LogP contribution in [-0.2, 0) is 0 Å². The SMILES string of the molecule is CNc1c(Br)c(C2CCN(C(=O)c3nnc[nH]3)CC2)nc2c(-c3ccc(-c4ccccc4)nc3)cnn12. The minimum Gasteiger partial charge on any atom is -0.372 e. The van der Waals surface area contributed by atoms with E-state index in [1.807, 2.05) is 65.3 Å². The van der Waals surface area contributed by atoms with Crippen LogP contribution in [0, 0.1) is 0 Å². The minimum atomic E-state index is -0.126. The van der Waals surface area contributed by atoms with Crippen LogP contribution in [0.25, 0.3) is 28.0 Å². The predicted octanol–water partition coefficient (Wildman–Crippen LogP) is 4.40. The van der Waals surface area contributed by atoms with Crippen molar-refractivity contribution in [2.24, 2.45) is 0 Å². The number of H-pyrrole nitrogens is 1. The molecule has 1 amide bonds. The van der Waals surface area contributed by atoms with Crippen LogP contribution in [0.4, 0.5) is 5.82 Å². The molecule has 186 valence electrons. The van der Waals surface area contributed by atoms with Gasteiger partial charge in [-0.25, -0.2) is 4.98 Å². The Bertz CT molecular complexity index is 1540. The van der Waals surface area contributed by atoms with Crippen LogP contribution in [0.2, 0.25) is 0 Å². The maximum Gasteiger partial charge on any atom is 0.291 e. The second kappa shape index (κ2) is 9.74. The van der Waals surface area contributed by atoms with Crippen molar-refractivity contribution in [3.8, 4) is 22.4 Å². The smallest absolute Gasteiger partial charge is 0.291 e. The molecule has 2 N–H and O–H groups in total. The topological polar surface area (TPSA) is 117 Å². The molecular weight excluding hydrogens is 534 g/mol. The Balaban J connectivity index is 1.31. The van der Waals surface area contributed by atoms with E-state index in [-0.39, 0.29) is 17.6 Å². The number of nitrogens with one attached hydrogen (secondary N) is 2. The average molecular weight is 558 g/mol. The number of aromatic nitrogens is 7. The number of nitrogens with zero attached hydrogens (tertiary/aromatic N) is 7. The first kappa shape index (κ1) is 23.3. The molecule has 0 bridgehead atoms. The Kier molecular flexibility index (Phi) is 6.13. The Morgan fingerprint density at radius 2 is 1.89 bits per heavy atom. The third-order valence-electron chi connectivity index (χ3n) is 6.78. The molecule has 0 unspecified atom stereocenters. The fourth-order valence-electron chi connectivity index (χ4n) is 4.83. The number of carbonyl (C=O) groups excluding carboxylic acids is 1. The first-order valence-corrected chi connectivity index (χ1v) is 12.9. The van der Waals surface area contributed by atoms with E-state index in [1.54, 1.807) is 0 Å². The molecule has 5 heterocycles. The third-order valence-corrected chi connectivity index (χ3v) is 7.57. The van der Waals surface area contributed by atoms with Gasteiger partial charge < -0.3 is 15.2 Å². The van der Waals surface area contributed by atoms with Gasteiger partial charge in [0.1, 0.15) is 12.1 Å². The van der Waals surface area contributed by atoms with Crippen LogP contribution in [0.1, 0.15) is 35.1 Å². The number of fused-ring (bicyclic) bond motifs is 1. The molecule has 1 aliphatic rings. The van der Waals surface area contributed by atoms with E-state index >= 15 is 0 Å². The predicted molar refractivity (Wildman–Crippen MR) is 143 cm³/mol. The summed E-state index contributed by atoms with van der Waals surface area (Å²) in [5.41, 5.74) is 5.57. The van der Waals surface area contributed by atoms with Crippen molar-refractivity contribution >= 4 is 33.3 Å². The molecule has 11 heteroatoms. The summed E-state index contributed by atoms with van der Waals surface area (Å²) in [6, 6.07) is 14.2. The second-order valence-corrected chi connectivity index (χ2v) is 9.70. The quantitative estimate of drug-likeness (QED) is 0.329. The molecule has 0 atom stereocenters. The van der Waals surface area contributed by atoms with Gasteiger partial charge in [0.15, 0.2) is 5.65 Å². The van der Waals surface area contributed by atoms with Gasteiger partial charge in [-0.3, -0.25) is 9.78 Å². The number of likely N-dealkylation sites (tertiary alicyclic amines) is 1. The first-order chi connectivity index (χ1) is 18.1. The molecule has 5 aromatic rings. The van der Waals surface area contributed by atoms with E-state index in [0.717, 1.165) is 56.9 Å². The van der Waals surface area contributed by atoms with Crippen molar-refractivity contribution in [2.45, 2.75) is 18.8 Å². The molecule has 1 aliphatic heterocycles. The molecule has 0 radical (unpaired) electrons. The standard InChI is InChI=1S/C26H24BrN9O/c1-28-25-21(27)22(17-9-11-35(12-10-17)26(37)23-30-15-31-34-23)33-24-19(14-32-36(24)25)18-7-8-20(29-13-18)16-5-3-2-4-6-16/h2-8,13-15,17,28H,9-12H2,1H3,(H,30,31,34). The molecule has 1 saturated heterocycles. The van der Waals surface area contributed by atoms with E-state index in [4.69, 9.17) is 9.97 Å².